The Balaban J connectivity index is 2.74. The van der Waals surface area contributed by atoms with Crippen molar-refractivity contribution in [1.29, 1.82) is 0 Å². The van der Waals surface area contributed by atoms with Gasteiger partial charge in [0.15, 0.2) is 0 Å². The molecular formula is C12H17NO2. The molecule has 82 valence electrons. The number of rotatable bonds is 5. The summed E-state index contributed by atoms with van der Waals surface area (Å²) < 4.78 is 0. The van der Waals surface area contributed by atoms with Crippen LogP contribution in [-0.4, -0.2) is 17.1 Å². The maximum Gasteiger partial charge on any atom is 0.326 e. The van der Waals surface area contributed by atoms with Gasteiger partial charge in [0.2, 0.25) is 0 Å². The van der Waals surface area contributed by atoms with Gasteiger partial charge in [0.05, 0.1) is 0 Å². The predicted octanol–water partition coefficient (Wildman–Crippen LogP) is 2.66. The Morgan fingerprint density at radius 2 is 2.13 bits per heavy atom. The number of hydrogen-bond donors (Lipinski definition) is 2. The summed E-state index contributed by atoms with van der Waals surface area (Å²) in [5, 5.41) is 12.0. The summed E-state index contributed by atoms with van der Waals surface area (Å²) in [6.45, 7) is 3.95. The normalized spacial score (nSPS) is 12.1. The largest absolute Gasteiger partial charge is 0.480 e. The van der Waals surface area contributed by atoms with E-state index in [4.69, 9.17) is 5.11 Å². The van der Waals surface area contributed by atoms with Crippen molar-refractivity contribution in [3.8, 4) is 0 Å². The molecule has 0 spiro atoms. The van der Waals surface area contributed by atoms with Gasteiger partial charge in [-0.3, -0.25) is 0 Å². The van der Waals surface area contributed by atoms with Gasteiger partial charge in [-0.15, -0.1) is 0 Å². The minimum atomic E-state index is -0.792. The first kappa shape index (κ1) is 11.6. The Kier molecular flexibility index (Phi) is 4.16. The molecule has 0 aliphatic carbocycles. The van der Waals surface area contributed by atoms with Crippen molar-refractivity contribution in [3.63, 3.8) is 0 Å². The molecule has 15 heavy (non-hydrogen) atoms. The van der Waals surface area contributed by atoms with Crippen LogP contribution in [-0.2, 0) is 4.79 Å². The molecule has 0 amide bonds. The molecule has 1 aromatic carbocycles. The van der Waals surface area contributed by atoms with Crippen LogP contribution in [0.25, 0.3) is 0 Å². The second-order valence-corrected chi connectivity index (χ2v) is 3.64. The van der Waals surface area contributed by atoms with Gasteiger partial charge < -0.3 is 10.4 Å². The molecule has 0 aliphatic rings. The molecule has 2 N–H and O–H groups in total. The van der Waals surface area contributed by atoms with Crippen LogP contribution < -0.4 is 5.32 Å². The van der Waals surface area contributed by atoms with Crippen LogP contribution in [0.3, 0.4) is 0 Å². The fourth-order valence-corrected chi connectivity index (χ4v) is 1.47. The third-order valence-corrected chi connectivity index (χ3v) is 2.35. The van der Waals surface area contributed by atoms with Gasteiger partial charge in [0.25, 0.3) is 0 Å². The van der Waals surface area contributed by atoms with Gasteiger partial charge in [-0.25, -0.2) is 4.79 Å². The minimum absolute atomic E-state index is 0.490. The maximum atomic E-state index is 10.9. The van der Waals surface area contributed by atoms with E-state index in [1.54, 1.807) is 0 Å². The third kappa shape index (κ3) is 3.27. The average molecular weight is 207 g/mol. The highest BCUT2D eigenvalue weighted by Gasteiger charge is 2.15. The lowest BCUT2D eigenvalue weighted by Crippen LogP contribution is -2.29. The second kappa shape index (κ2) is 5.39. The zero-order chi connectivity index (χ0) is 11.3. The summed E-state index contributed by atoms with van der Waals surface area (Å²) in [4.78, 5) is 10.9. The lowest BCUT2D eigenvalue weighted by Gasteiger charge is -2.16. The highest BCUT2D eigenvalue weighted by molar-refractivity contribution is 5.77. The summed E-state index contributed by atoms with van der Waals surface area (Å²) in [5.41, 5.74) is 1.97. The van der Waals surface area contributed by atoms with Crippen LogP contribution in [0, 0.1) is 6.92 Å². The van der Waals surface area contributed by atoms with Crippen molar-refractivity contribution < 1.29 is 9.90 Å². The molecule has 0 bridgehead atoms. The summed E-state index contributed by atoms with van der Waals surface area (Å²) in [7, 11) is 0. The zero-order valence-electron chi connectivity index (χ0n) is 9.16. The molecule has 0 saturated carbocycles. The molecule has 0 heterocycles. The SMILES string of the molecule is CCC[C@@H](Nc1ccccc1C)C(=O)O. The molecule has 0 aromatic heterocycles. The first-order valence-corrected chi connectivity index (χ1v) is 5.20. The van der Waals surface area contributed by atoms with E-state index in [2.05, 4.69) is 5.32 Å². The van der Waals surface area contributed by atoms with Gasteiger partial charge in [-0.05, 0) is 25.0 Å². The van der Waals surface area contributed by atoms with Crippen molar-refractivity contribution in [1.82, 2.24) is 0 Å². The molecule has 0 unspecified atom stereocenters. The first-order valence-electron chi connectivity index (χ1n) is 5.20. The topological polar surface area (TPSA) is 49.3 Å². The smallest absolute Gasteiger partial charge is 0.326 e. The predicted molar refractivity (Wildman–Crippen MR) is 61.1 cm³/mol. The Morgan fingerprint density at radius 3 is 2.67 bits per heavy atom. The van der Waals surface area contributed by atoms with E-state index < -0.39 is 12.0 Å². The monoisotopic (exact) mass is 207 g/mol. The van der Waals surface area contributed by atoms with Crippen molar-refractivity contribution in [2.75, 3.05) is 5.32 Å². The number of nitrogens with one attached hydrogen (secondary N) is 1. The lowest BCUT2D eigenvalue weighted by atomic mass is 10.1. The Bertz CT molecular complexity index is 336. The van der Waals surface area contributed by atoms with Gasteiger partial charge in [-0.2, -0.15) is 0 Å². The zero-order valence-corrected chi connectivity index (χ0v) is 9.16. The van der Waals surface area contributed by atoms with E-state index in [1.807, 2.05) is 38.1 Å². The molecule has 3 heteroatoms. The van der Waals surface area contributed by atoms with E-state index >= 15 is 0 Å². The number of carbonyl (C=O) groups is 1. The summed E-state index contributed by atoms with van der Waals surface area (Å²) in [6.07, 6.45) is 1.50. The summed E-state index contributed by atoms with van der Waals surface area (Å²) in [6, 6.07) is 7.22. The molecule has 0 saturated heterocycles. The van der Waals surface area contributed by atoms with Gasteiger partial charge >= 0.3 is 5.97 Å². The highest BCUT2D eigenvalue weighted by atomic mass is 16.4. The Labute approximate surface area is 90.1 Å². The molecule has 1 rings (SSSR count). The maximum absolute atomic E-state index is 10.9. The van der Waals surface area contributed by atoms with Crippen LogP contribution in [0.15, 0.2) is 24.3 Å². The minimum Gasteiger partial charge on any atom is -0.480 e. The summed E-state index contributed by atoms with van der Waals surface area (Å²) in [5.74, 6) is -0.792. The molecule has 0 radical (unpaired) electrons. The Morgan fingerprint density at radius 1 is 1.47 bits per heavy atom. The van der Waals surface area contributed by atoms with Gasteiger partial charge in [0.1, 0.15) is 6.04 Å². The average Bonchev–Trinajstić information content (AvgIpc) is 2.20. The number of benzene rings is 1. The highest BCUT2D eigenvalue weighted by Crippen LogP contribution is 2.15. The number of aryl methyl sites for hydroxylation is 1. The lowest BCUT2D eigenvalue weighted by molar-refractivity contribution is -0.138. The van der Waals surface area contributed by atoms with E-state index in [0.717, 1.165) is 17.7 Å². The van der Waals surface area contributed by atoms with Crippen LogP contribution in [0.4, 0.5) is 5.69 Å². The number of carboxylic acid groups (broad SMARTS) is 1. The standard InChI is InChI=1S/C12H17NO2/c1-3-6-11(12(14)15)13-10-8-5-4-7-9(10)2/h4-5,7-8,11,13H,3,6H2,1-2H3,(H,14,15)/t11-/m1/s1. The van der Waals surface area contributed by atoms with Crippen molar-refractivity contribution >= 4 is 11.7 Å². The molecule has 1 atom stereocenters. The fourth-order valence-electron chi connectivity index (χ4n) is 1.47. The van der Waals surface area contributed by atoms with E-state index in [0.29, 0.717) is 6.42 Å². The number of aliphatic carboxylic acids is 1. The third-order valence-electron chi connectivity index (χ3n) is 2.35. The van der Waals surface area contributed by atoms with E-state index in [9.17, 15) is 4.79 Å². The van der Waals surface area contributed by atoms with Crippen LogP contribution >= 0.6 is 0 Å². The van der Waals surface area contributed by atoms with Crippen LogP contribution in [0.1, 0.15) is 25.3 Å². The molecule has 0 aliphatic heterocycles. The van der Waals surface area contributed by atoms with Crippen LogP contribution in [0.2, 0.25) is 0 Å². The van der Waals surface area contributed by atoms with Crippen molar-refractivity contribution in [2.24, 2.45) is 0 Å². The molecular weight excluding hydrogens is 190 g/mol. The van der Waals surface area contributed by atoms with Crippen LogP contribution in [0.5, 0.6) is 0 Å². The van der Waals surface area contributed by atoms with Gasteiger partial charge in [0, 0.05) is 5.69 Å². The molecule has 3 nitrogen and oxygen atoms in total. The van der Waals surface area contributed by atoms with E-state index in [-0.39, 0.29) is 0 Å². The van der Waals surface area contributed by atoms with E-state index in [1.165, 1.54) is 0 Å². The number of carboxylic acids is 1. The number of anilines is 1. The second-order valence-electron chi connectivity index (χ2n) is 3.64. The molecule has 0 fully saturated rings. The quantitative estimate of drug-likeness (QED) is 0.780. The number of para-hydroxylation sites is 1. The van der Waals surface area contributed by atoms with Crippen molar-refractivity contribution in [3.05, 3.63) is 29.8 Å². The Hall–Kier alpha value is -1.51. The fraction of sp³-hybridized carbons (Fsp3) is 0.417. The number of hydrogen-bond acceptors (Lipinski definition) is 2. The van der Waals surface area contributed by atoms with Gasteiger partial charge in [-0.1, -0.05) is 31.5 Å². The van der Waals surface area contributed by atoms with Crippen molar-refractivity contribution in [2.45, 2.75) is 32.7 Å². The summed E-state index contributed by atoms with van der Waals surface area (Å²) >= 11 is 0. The molecule has 1 aromatic rings. The first-order chi connectivity index (χ1) is 7.15.